The van der Waals surface area contributed by atoms with Crippen molar-refractivity contribution < 1.29 is 19.1 Å². The van der Waals surface area contributed by atoms with E-state index in [2.05, 4.69) is 5.32 Å². The minimum Gasteiger partial charge on any atom is -0.383 e. The third-order valence-electron chi connectivity index (χ3n) is 3.99. The molecule has 1 fully saturated rings. The summed E-state index contributed by atoms with van der Waals surface area (Å²) in [5.74, 6) is -0.886. The monoisotopic (exact) mass is 294 g/mol. The fraction of sp³-hybridized carbons (Fsp3) is 0.667. The van der Waals surface area contributed by atoms with Crippen molar-refractivity contribution >= 4 is 17.7 Å². The second-order valence-electron chi connectivity index (χ2n) is 5.66. The highest BCUT2D eigenvalue weighted by Crippen LogP contribution is 2.34. The smallest absolute Gasteiger partial charge is 0.233 e. The molecule has 21 heavy (non-hydrogen) atoms. The van der Waals surface area contributed by atoms with Crippen molar-refractivity contribution in [3.63, 3.8) is 0 Å². The number of hydrogen-bond donors (Lipinski definition) is 1. The van der Waals surface area contributed by atoms with Crippen LogP contribution in [-0.4, -0.2) is 48.9 Å². The first-order valence-electron chi connectivity index (χ1n) is 7.33. The molecule has 0 aromatic heterocycles. The van der Waals surface area contributed by atoms with Gasteiger partial charge in [0.2, 0.25) is 17.7 Å². The van der Waals surface area contributed by atoms with Crippen LogP contribution in [0.3, 0.4) is 0 Å². The van der Waals surface area contributed by atoms with Crippen LogP contribution in [0.25, 0.3) is 0 Å². The van der Waals surface area contributed by atoms with Crippen molar-refractivity contribution in [1.29, 1.82) is 0 Å². The van der Waals surface area contributed by atoms with E-state index in [1.165, 1.54) is 4.90 Å². The summed E-state index contributed by atoms with van der Waals surface area (Å²) in [5.41, 5.74) is 0. The Kier molecular flexibility index (Phi) is 5.12. The molecule has 1 saturated heterocycles. The largest absolute Gasteiger partial charge is 0.383 e. The van der Waals surface area contributed by atoms with E-state index in [4.69, 9.17) is 4.74 Å². The van der Waals surface area contributed by atoms with Gasteiger partial charge in [0.05, 0.1) is 18.4 Å². The van der Waals surface area contributed by atoms with E-state index in [-0.39, 0.29) is 48.6 Å². The third kappa shape index (κ3) is 3.50. The van der Waals surface area contributed by atoms with Gasteiger partial charge in [0, 0.05) is 26.1 Å². The lowest BCUT2D eigenvalue weighted by Gasteiger charge is -2.16. The fourth-order valence-electron chi connectivity index (χ4n) is 2.94. The Morgan fingerprint density at radius 1 is 1.33 bits per heavy atom. The van der Waals surface area contributed by atoms with Crippen LogP contribution in [0.15, 0.2) is 12.2 Å². The average molecular weight is 294 g/mol. The van der Waals surface area contributed by atoms with Gasteiger partial charge in [0.1, 0.15) is 0 Å². The van der Waals surface area contributed by atoms with E-state index in [1.807, 2.05) is 19.1 Å². The molecule has 0 saturated carbocycles. The number of ether oxygens (including phenoxy) is 1. The number of fused-ring (bicyclic) bond motifs is 1. The number of imide groups is 1. The van der Waals surface area contributed by atoms with E-state index >= 15 is 0 Å². The van der Waals surface area contributed by atoms with Crippen LogP contribution in [0.1, 0.15) is 26.2 Å². The Labute approximate surface area is 124 Å². The second kappa shape index (κ2) is 6.85. The Hall–Kier alpha value is -1.69. The molecule has 3 amide bonds. The summed E-state index contributed by atoms with van der Waals surface area (Å²) in [4.78, 5) is 37.5. The molecule has 1 aliphatic heterocycles. The van der Waals surface area contributed by atoms with Gasteiger partial charge >= 0.3 is 0 Å². The zero-order chi connectivity index (χ0) is 15.4. The average Bonchev–Trinajstić information content (AvgIpc) is 2.70. The molecule has 3 atom stereocenters. The van der Waals surface area contributed by atoms with Gasteiger partial charge in [-0.3, -0.25) is 19.3 Å². The Morgan fingerprint density at radius 3 is 2.43 bits per heavy atom. The van der Waals surface area contributed by atoms with Crippen molar-refractivity contribution in [3.8, 4) is 0 Å². The van der Waals surface area contributed by atoms with Crippen LogP contribution in [0, 0.1) is 11.8 Å². The first-order chi connectivity index (χ1) is 10.0. The maximum absolute atomic E-state index is 12.2. The highest BCUT2D eigenvalue weighted by atomic mass is 16.5. The van der Waals surface area contributed by atoms with Crippen LogP contribution in [-0.2, 0) is 19.1 Å². The summed E-state index contributed by atoms with van der Waals surface area (Å²) in [7, 11) is 1.57. The number of amides is 3. The summed E-state index contributed by atoms with van der Waals surface area (Å²) in [6.45, 7) is 2.44. The molecule has 2 aliphatic rings. The molecule has 0 aromatic rings. The van der Waals surface area contributed by atoms with Crippen LogP contribution >= 0.6 is 0 Å². The number of nitrogens with one attached hydrogen (secondary N) is 1. The summed E-state index contributed by atoms with van der Waals surface area (Å²) >= 11 is 0. The minimum atomic E-state index is -0.224. The van der Waals surface area contributed by atoms with Gasteiger partial charge in [0.15, 0.2) is 0 Å². The lowest BCUT2D eigenvalue weighted by Crippen LogP contribution is -2.39. The zero-order valence-corrected chi connectivity index (χ0v) is 12.5. The summed E-state index contributed by atoms with van der Waals surface area (Å²) in [6, 6.07) is -0.0840. The molecule has 0 bridgehead atoms. The molecule has 116 valence electrons. The minimum absolute atomic E-state index is 0.0840. The van der Waals surface area contributed by atoms with Crippen LogP contribution in [0.5, 0.6) is 0 Å². The molecular formula is C15H22N2O4. The van der Waals surface area contributed by atoms with Crippen molar-refractivity contribution in [1.82, 2.24) is 10.2 Å². The van der Waals surface area contributed by atoms with Gasteiger partial charge in [-0.25, -0.2) is 0 Å². The second-order valence-corrected chi connectivity index (χ2v) is 5.66. The molecule has 1 heterocycles. The van der Waals surface area contributed by atoms with E-state index < -0.39 is 0 Å². The van der Waals surface area contributed by atoms with Crippen LogP contribution in [0.2, 0.25) is 0 Å². The highest BCUT2D eigenvalue weighted by molar-refractivity contribution is 6.05. The van der Waals surface area contributed by atoms with E-state index in [0.717, 1.165) is 0 Å². The number of methoxy groups -OCH3 is 1. The predicted octanol–water partition coefficient (Wildman–Crippen LogP) is 0.479. The summed E-state index contributed by atoms with van der Waals surface area (Å²) in [6.07, 6.45) is 5.30. The summed E-state index contributed by atoms with van der Waals surface area (Å²) < 4.78 is 4.94. The number of rotatable bonds is 6. The van der Waals surface area contributed by atoms with Gasteiger partial charge < -0.3 is 10.1 Å². The van der Waals surface area contributed by atoms with Crippen LogP contribution in [0.4, 0.5) is 0 Å². The number of hydrogen-bond acceptors (Lipinski definition) is 4. The predicted molar refractivity (Wildman–Crippen MR) is 76.2 cm³/mol. The molecule has 2 rings (SSSR count). The Bertz CT molecular complexity index is 435. The van der Waals surface area contributed by atoms with Gasteiger partial charge in [-0.2, -0.15) is 0 Å². The molecule has 0 radical (unpaired) electrons. The maximum Gasteiger partial charge on any atom is 0.233 e. The molecule has 1 aliphatic carbocycles. The topological polar surface area (TPSA) is 75.7 Å². The van der Waals surface area contributed by atoms with Crippen molar-refractivity contribution in [3.05, 3.63) is 12.2 Å². The van der Waals surface area contributed by atoms with Gasteiger partial charge in [-0.15, -0.1) is 0 Å². The lowest BCUT2D eigenvalue weighted by molar-refractivity contribution is -0.140. The number of likely N-dealkylation sites (tertiary alicyclic amines) is 1. The van der Waals surface area contributed by atoms with E-state index in [1.54, 1.807) is 7.11 Å². The fourth-order valence-corrected chi connectivity index (χ4v) is 2.94. The Morgan fingerprint density at radius 2 is 1.90 bits per heavy atom. The van der Waals surface area contributed by atoms with E-state index in [0.29, 0.717) is 19.4 Å². The molecule has 0 aromatic carbocycles. The molecule has 0 spiro atoms. The molecule has 1 N–H and O–H groups in total. The number of carbonyl (C=O) groups excluding carboxylic acids is 3. The first kappa shape index (κ1) is 15.7. The van der Waals surface area contributed by atoms with Gasteiger partial charge in [-0.1, -0.05) is 12.2 Å². The number of allylic oxidation sites excluding steroid dienone is 2. The number of nitrogens with zero attached hydrogens (tertiary/aromatic N) is 1. The SMILES string of the molecule is COC[C@@H](C)NC(=O)CCN1C(=O)[C@H]2CC=CC[C@H]2C1=O. The Balaban J connectivity index is 1.85. The van der Waals surface area contributed by atoms with Gasteiger partial charge in [0.25, 0.3) is 0 Å². The number of carbonyl (C=O) groups is 3. The third-order valence-corrected chi connectivity index (χ3v) is 3.99. The zero-order valence-electron chi connectivity index (χ0n) is 12.5. The first-order valence-corrected chi connectivity index (χ1v) is 7.33. The maximum atomic E-state index is 12.2. The molecule has 0 unspecified atom stereocenters. The molecular weight excluding hydrogens is 272 g/mol. The van der Waals surface area contributed by atoms with Crippen molar-refractivity contribution in [2.45, 2.75) is 32.2 Å². The normalized spacial score (nSPS) is 25.9. The lowest BCUT2D eigenvalue weighted by atomic mass is 9.85. The standard InChI is InChI=1S/C15H22N2O4/c1-10(9-21-2)16-13(18)7-8-17-14(19)11-5-3-4-6-12(11)15(17)20/h3-4,10-12H,5-9H2,1-2H3,(H,16,18)/t10-,11-,12+/m1/s1. The van der Waals surface area contributed by atoms with E-state index in [9.17, 15) is 14.4 Å². The van der Waals surface area contributed by atoms with Gasteiger partial charge in [-0.05, 0) is 19.8 Å². The van der Waals surface area contributed by atoms with Crippen molar-refractivity contribution in [2.75, 3.05) is 20.3 Å². The summed E-state index contributed by atoms with van der Waals surface area (Å²) in [5, 5.41) is 2.77. The molecule has 6 heteroatoms. The quantitative estimate of drug-likeness (QED) is 0.571. The highest BCUT2D eigenvalue weighted by Gasteiger charge is 2.46. The van der Waals surface area contributed by atoms with Crippen molar-refractivity contribution in [2.24, 2.45) is 11.8 Å². The molecule has 6 nitrogen and oxygen atoms in total. The van der Waals surface area contributed by atoms with Crippen LogP contribution < -0.4 is 5.32 Å².